The van der Waals surface area contributed by atoms with Crippen molar-refractivity contribution >= 4 is 6.03 Å². The van der Waals surface area contributed by atoms with Crippen LogP contribution in [0.5, 0.6) is 0 Å². The quantitative estimate of drug-likeness (QED) is 0.865. The number of likely N-dealkylation sites (tertiary alicyclic amines) is 1. The minimum absolute atomic E-state index is 0.105. The molecule has 1 aliphatic rings. The molecule has 6 heteroatoms. The number of carbonyl (C=O) groups is 1. The Kier molecular flexibility index (Phi) is 6.36. The van der Waals surface area contributed by atoms with E-state index >= 15 is 0 Å². The first-order valence-corrected chi connectivity index (χ1v) is 8.31. The average molecular weight is 320 g/mol. The van der Waals surface area contributed by atoms with Crippen molar-refractivity contribution in [3.63, 3.8) is 0 Å². The van der Waals surface area contributed by atoms with Gasteiger partial charge in [0.05, 0.1) is 6.10 Å². The third kappa shape index (κ3) is 5.18. The van der Waals surface area contributed by atoms with E-state index < -0.39 is 6.10 Å². The van der Waals surface area contributed by atoms with Crippen LogP contribution >= 0.6 is 0 Å². The highest BCUT2D eigenvalue weighted by Crippen LogP contribution is 2.23. The maximum Gasteiger partial charge on any atom is 0.317 e. The Labute approximate surface area is 138 Å². The number of aromatic nitrogens is 1. The van der Waals surface area contributed by atoms with E-state index in [0.29, 0.717) is 12.6 Å². The maximum absolute atomic E-state index is 12.1. The maximum atomic E-state index is 12.1. The molecule has 6 nitrogen and oxygen atoms in total. The van der Waals surface area contributed by atoms with Crippen molar-refractivity contribution in [2.24, 2.45) is 0 Å². The molecule has 1 aliphatic heterocycles. The van der Waals surface area contributed by atoms with Gasteiger partial charge in [0.1, 0.15) is 0 Å². The summed E-state index contributed by atoms with van der Waals surface area (Å²) in [7, 11) is 1.71. The molecule has 1 saturated heterocycles. The van der Waals surface area contributed by atoms with E-state index in [-0.39, 0.29) is 12.1 Å². The van der Waals surface area contributed by atoms with Gasteiger partial charge in [-0.05, 0) is 44.4 Å². The lowest BCUT2D eigenvalue weighted by Gasteiger charge is -2.37. The van der Waals surface area contributed by atoms with Gasteiger partial charge < -0.3 is 15.3 Å². The minimum atomic E-state index is -0.506. The van der Waals surface area contributed by atoms with Crippen LogP contribution in [0.4, 0.5) is 4.79 Å². The number of nitrogens with zero attached hydrogens (tertiary/aromatic N) is 3. The molecule has 1 aromatic rings. The topological polar surface area (TPSA) is 68.7 Å². The van der Waals surface area contributed by atoms with E-state index in [1.165, 1.54) is 10.5 Å². The number of hydrogen-bond acceptors (Lipinski definition) is 4. The van der Waals surface area contributed by atoms with E-state index in [4.69, 9.17) is 0 Å². The number of likely N-dealkylation sites (N-methyl/N-ethyl adjacent to an activating group) is 1. The van der Waals surface area contributed by atoms with Crippen molar-refractivity contribution in [1.82, 2.24) is 20.1 Å². The molecule has 1 aromatic heterocycles. The van der Waals surface area contributed by atoms with E-state index in [2.05, 4.69) is 34.3 Å². The predicted octanol–water partition coefficient (Wildman–Crippen LogP) is 1.63. The van der Waals surface area contributed by atoms with Crippen LogP contribution in [0, 0.1) is 0 Å². The number of carbonyl (C=O) groups excluding carboxylic acids is 1. The van der Waals surface area contributed by atoms with Crippen LogP contribution in [0.2, 0.25) is 0 Å². The standard InChI is InChI=1S/C17H28N4O2/c1-13(22)12-20(3)17(23)19-16-6-10-21(11-7-16)14(2)15-4-8-18-9-5-15/h4-5,8-9,13-14,16,22H,6-7,10-12H2,1-3H3,(H,19,23). The van der Waals surface area contributed by atoms with E-state index in [9.17, 15) is 9.90 Å². The van der Waals surface area contributed by atoms with Gasteiger partial charge in [0, 0.05) is 51.2 Å². The molecule has 1 fully saturated rings. The average Bonchev–Trinajstić information content (AvgIpc) is 2.55. The van der Waals surface area contributed by atoms with E-state index in [1.54, 1.807) is 14.0 Å². The monoisotopic (exact) mass is 320 g/mol. The van der Waals surface area contributed by atoms with Gasteiger partial charge in [0.2, 0.25) is 0 Å². The molecule has 2 amide bonds. The molecule has 2 rings (SSSR count). The Balaban J connectivity index is 1.79. The van der Waals surface area contributed by atoms with Crippen LogP contribution in [0.3, 0.4) is 0 Å². The second-order valence-electron chi connectivity index (χ2n) is 6.45. The number of aliphatic hydroxyl groups is 1. The molecular weight excluding hydrogens is 292 g/mol. The van der Waals surface area contributed by atoms with Gasteiger partial charge >= 0.3 is 6.03 Å². The van der Waals surface area contributed by atoms with Crippen molar-refractivity contribution in [1.29, 1.82) is 0 Å². The first-order chi connectivity index (χ1) is 11.0. The molecule has 2 heterocycles. The number of urea groups is 1. The van der Waals surface area contributed by atoms with Gasteiger partial charge in [-0.15, -0.1) is 0 Å². The molecule has 0 radical (unpaired) electrons. The van der Waals surface area contributed by atoms with Crippen molar-refractivity contribution < 1.29 is 9.90 Å². The summed E-state index contributed by atoms with van der Waals surface area (Å²) in [4.78, 5) is 20.1. The lowest BCUT2D eigenvalue weighted by Crippen LogP contribution is -2.49. The van der Waals surface area contributed by atoms with Gasteiger partial charge in [0.15, 0.2) is 0 Å². The molecule has 2 unspecified atom stereocenters. The summed E-state index contributed by atoms with van der Waals surface area (Å²) in [6.45, 7) is 6.18. The van der Waals surface area contributed by atoms with E-state index in [0.717, 1.165) is 25.9 Å². The molecule has 2 N–H and O–H groups in total. The van der Waals surface area contributed by atoms with Crippen LogP contribution in [0.15, 0.2) is 24.5 Å². The molecule has 23 heavy (non-hydrogen) atoms. The summed E-state index contributed by atoms with van der Waals surface area (Å²) in [5, 5.41) is 12.4. The molecule has 2 atom stereocenters. The fraction of sp³-hybridized carbons (Fsp3) is 0.647. The van der Waals surface area contributed by atoms with Crippen LogP contribution < -0.4 is 5.32 Å². The fourth-order valence-corrected chi connectivity index (χ4v) is 3.05. The van der Waals surface area contributed by atoms with Crippen LogP contribution in [-0.2, 0) is 0 Å². The Bertz CT molecular complexity index is 487. The number of piperidine rings is 1. The van der Waals surface area contributed by atoms with Gasteiger partial charge in [-0.25, -0.2) is 4.79 Å². The molecule has 0 aliphatic carbocycles. The van der Waals surface area contributed by atoms with Crippen molar-refractivity contribution in [3.05, 3.63) is 30.1 Å². The first kappa shape index (κ1) is 17.7. The zero-order valence-corrected chi connectivity index (χ0v) is 14.3. The normalized spacial score (nSPS) is 19.1. The molecular formula is C17H28N4O2. The zero-order valence-electron chi connectivity index (χ0n) is 14.3. The predicted molar refractivity (Wildman–Crippen MR) is 90.1 cm³/mol. The van der Waals surface area contributed by atoms with Crippen molar-refractivity contribution in [2.75, 3.05) is 26.7 Å². The molecule has 0 spiro atoms. The summed E-state index contributed by atoms with van der Waals surface area (Å²) in [5.74, 6) is 0. The van der Waals surface area contributed by atoms with Crippen LogP contribution in [0.25, 0.3) is 0 Å². The van der Waals surface area contributed by atoms with Crippen molar-refractivity contribution in [3.8, 4) is 0 Å². The minimum Gasteiger partial charge on any atom is -0.392 e. The van der Waals surface area contributed by atoms with E-state index in [1.807, 2.05) is 12.4 Å². The van der Waals surface area contributed by atoms with Gasteiger partial charge in [-0.3, -0.25) is 9.88 Å². The Morgan fingerprint density at radius 1 is 1.39 bits per heavy atom. The van der Waals surface area contributed by atoms with Crippen molar-refractivity contribution in [2.45, 2.75) is 44.9 Å². The summed E-state index contributed by atoms with van der Waals surface area (Å²) >= 11 is 0. The number of amides is 2. The molecule has 128 valence electrons. The highest BCUT2D eigenvalue weighted by Gasteiger charge is 2.25. The number of pyridine rings is 1. The lowest BCUT2D eigenvalue weighted by molar-refractivity contribution is 0.131. The Morgan fingerprint density at radius 2 is 2.00 bits per heavy atom. The highest BCUT2D eigenvalue weighted by molar-refractivity contribution is 5.74. The summed E-state index contributed by atoms with van der Waals surface area (Å²) in [6.07, 6.45) is 5.05. The zero-order chi connectivity index (χ0) is 16.8. The largest absolute Gasteiger partial charge is 0.392 e. The smallest absolute Gasteiger partial charge is 0.317 e. The highest BCUT2D eigenvalue weighted by atomic mass is 16.3. The van der Waals surface area contributed by atoms with Gasteiger partial charge in [0.25, 0.3) is 0 Å². The second kappa shape index (κ2) is 8.26. The lowest BCUT2D eigenvalue weighted by atomic mass is 10.0. The number of nitrogens with one attached hydrogen (secondary N) is 1. The van der Waals surface area contributed by atoms with Gasteiger partial charge in [-0.1, -0.05) is 0 Å². The SMILES string of the molecule is CC(O)CN(C)C(=O)NC1CCN(C(C)c2ccncc2)CC1. The summed E-state index contributed by atoms with van der Waals surface area (Å²) in [6, 6.07) is 4.59. The molecule has 0 aromatic carbocycles. The molecule has 0 saturated carbocycles. The third-order valence-corrected chi connectivity index (χ3v) is 4.48. The number of aliphatic hydroxyl groups excluding tert-OH is 1. The Hall–Kier alpha value is -1.66. The fourth-order valence-electron chi connectivity index (χ4n) is 3.05. The number of rotatable bonds is 5. The summed E-state index contributed by atoms with van der Waals surface area (Å²) < 4.78 is 0. The van der Waals surface area contributed by atoms with Crippen LogP contribution in [-0.4, -0.2) is 64.7 Å². The summed E-state index contributed by atoms with van der Waals surface area (Å²) in [5.41, 5.74) is 1.28. The molecule has 0 bridgehead atoms. The first-order valence-electron chi connectivity index (χ1n) is 8.31. The number of hydrogen-bond donors (Lipinski definition) is 2. The second-order valence-corrected chi connectivity index (χ2v) is 6.45. The van der Waals surface area contributed by atoms with Gasteiger partial charge in [-0.2, -0.15) is 0 Å². The third-order valence-electron chi connectivity index (χ3n) is 4.48. The van der Waals surface area contributed by atoms with Crippen LogP contribution in [0.1, 0.15) is 38.3 Å². The Morgan fingerprint density at radius 3 is 2.57 bits per heavy atom.